The summed E-state index contributed by atoms with van der Waals surface area (Å²) >= 11 is 0. The van der Waals surface area contributed by atoms with Gasteiger partial charge in [0.05, 0.1) is 6.54 Å². The fourth-order valence-electron chi connectivity index (χ4n) is 3.15. The van der Waals surface area contributed by atoms with Gasteiger partial charge in [-0.25, -0.2) is 9.18 Å². The first-order valence-corrected chi connectivity index (χ1v) is 10.2. The van der Waals surface area contributed by atoms with Crippen molar-refractivity contribution in [2.24, 2.45) is 0 Å². The topological polar surface area (TPSA) is 61.1 Å². The molecule has 0 aliphatic heterocycles. The smallest absolute Gasteiger partial charge is 0.293 e. The monoisotopic (exact) mass is 400 g/mol. The van der Waals surface area contributed by atoms with Crippen LogP contribution < -0.4 is 11.2 Å². The van der Waals surface area contributed by atoms with Gasteiger partial charge in [-0.15, -0.1) is 0 Å². The van der Waals surface area contributed by atoms with Crippen molar-refractivity contribution in [3.05, 3.63) is 80.4 Å². The summed E-state index contributed by atoms with van der Waals surface area (Å²) in [5.74, 6) is -1.16. The van der Waals surface area contributed by atoms with Crippen molar-refractivity contribution >= 4 is 5.91 Å². The molecule has 0 radical (unpaired) electrons. The Kier molecular flexibility index (Phi) is 8.77. The van der Waals surface area contributed by atoms with Gasteiger partial charge in [0.25, 0.3) is 11.5 Å². The molecule has 0 fully saturated rings. The third-order valence-corrected chi connectivity index (χ3v) is 4.80. The molecule has 0 N–H and O–H groups in total. The molecule has 1 aromatic heterocycles. The summed E-state index contributed by atoms with van der Waals surface area (Å²) in [6.07, 6.45) is 10.1. The molecule has 156 valence electrons. The van der Waals surface area contributed by atoms with Crippen LogP contribution in [0.5, 0.6) is 0 Å². The van der Waals surface area contributed by atoms with E-state index in [0.29, 0.717) is 11.0 Å². The molecule has 6 heteroatoms. The minimum absolute atomic E-state index is 0.206. The molecule has 29 heavy (non-hydrogen) atoms. The fourth-order valence-corrected chi connectivity index (χ4v) is 3.15. The lowest BCUT2D eigenvalue weighted by molar-refractivity contribution is 0.0948. The van der Waals surface area contributed by atoms with Gasteiger partial charge in [0.15, 0.2) is 0 Å². The largest absolute Gasteiger partial charge is 0.338 e. The molecular weight excluding hydrogens is 371 g/mol. The molecule has 5 nitrogen and oxygen atoms in total. The number of hydrogen-bond acceptors (Lipinski definition) is 3. The molecule has 0 amide bonds. The van der Waals surface area contributed by atoms with Crippen LogP contribution in [-0.4, -0.2) is 15.0 Å². The van der Waals surface area contributed by atoms with E-state index in [1.165, 1.54) is 50.6 Å². The summed E-state index contributed by atoms with van der Waals surface area (Å²) in [5, 5.41) is 0. The zero-order valence-corrected chi connectivity index (χ0v) is 17.2. The van der Waals surface area contributed by atoms with Crippen LogP contribution in [0.15, 0.2) is 58.0 Å². The highest BCUT2D eigenvalue weighted by molar-refractivity contribution is 5.95. The predicted molar refractivity (Wildman–Crippen MR) is 113 cm³/mol. The van der Waals surface area contributed by atoms with Crippen LogP contribution in [0, 0.1) is 6.92 Å². The number of allylic oxidation sites excluding steroid dienone is 2. The van der Waals surface area contributed by atoms with Gasteiger partial charge in [-0.2, -0.15) is 4.57 Å². The standard InChI is InChI=1S/C23H29FN2O3/c1-3-4-5-6-7-8-12-15-20(24)17-25-16-18(2)21(27)26(23(25)29)22(28)19-13-10-9-11-14-19/h9-11,13-16H,3-8,12,17H2,1-2H3/b20-15-. The Morgan fingerprint density at radius 3 is 2.38 bits per heavy atom. The Bertz CT molecular complexity index is 958. The van der Waals surface area contributed by atoms with Gasteiger partial charge in [0.2, 0.25) is 0 Å². The van der Waals surface area contributed by atoms with Crippen LogP contribution in [0.2, 0.25) is 0 Å². The molecule has 1 aromatic carbocycles. The first kappa shape index (κ1) is 22.5. The van der Waals surface area contributed by atoms with Crippen molar-refractivity contribution in [2.75, 3.05) is 0 Å². The van der Waals surface area contributed by atoms with Crippen LogP contribution in [0.3, 0.4) is 0 Å². The minimum Gasteiger partial charge on any atom is -0.293 e. The predicted octanol–water partition coefficient (Wildman–Crippen LogP) is 4.61. The summed E-state index contributed by atoms with van der Waals surface area (Å²) in [7, 11) is 0. The van der Waals surface area contributed by atoms with Crippen molar-refractivity contribution in [3.8, 4) is 0 Å². The SMILES string of the molecule is CCCCCCCC/C=C(\F)Cn1cc(C)c(=O)n(C(=O)c2ccccc2)c1=O. The van der Waals surface area contributed by atoms with Gasteiger partial charge in [-0.3, -0.25) is 14.2 Å². The molecule has 2 rings (SSSR count). The number of rotatable bonds is 10. The van der Waals surface area contributed by atoms with Crippen LogP contribution in [0.4, 0.5) is 4.39 Å². The van der Waals surface area contributed by atoms with E-state index in [2.05, 4.69) is 6.92 Å². The highest BCUT2D eigenvalue weighted by Crippen LogP contribution is 2.10. The molecule has 0 aliphatic rings. The molecule has 2 aromatic rings. The summed E-state index contributed by atoms with van der Waals surface area (Å²) in [6.45, 7) is 3.38. The maximum Gasteiger partial charge on any atom is 0.338 e. The van der Waals surface area contributed by atoms with Crippen LogP contribution >= 0.6 is 0 Å². The zero-order chi connectivity index (χ0) is 21.2. The second-order valence-corrected chi connectivity index (χ2v) is 7.24. The number of hydrogen-bond donors (Lipinski definition) is 0. The Hall–Kier alpha value is -2.76. The van der Waals surface area contributed by atoms with E-state index in [1.807, 2.05) is 0 Å². The Balaban J connectivity index is 2.13. The first-order valence-electron chi connectivity index (χ1n) is 10.2. The van der Waals surface area contributed by atoms with Crippen molar-refractivity contribution in [3.63, 3.8) is 0 Å². The van der Waals surface area contributed by atoms with Crippen LogP contribution in [0.25, 0.3) is 0 Å². The third-order valence-electron chi connectivity index (χ3n) is 4.80. The number of benzene rings is 1. The minimum atomic E-state index is -0.836. The van der Waals surface area contributed by atoms with E-state index < -0.39 is 23.0 Å². The summed E-state index contributed by atoms with van der Waals surface area (Å²) in [6, 6.07) is 8.09. The lowest BCUT2D eigenvalue weighted by Crippen LogP contribution is -2.44. The van der Waals surface area contributed by atoms with Crippen molar-refractivity contribution < 1.29 is 9.18 Å². The van der Waals surface area contributed by atoms with Gasteiger partial charge in [-0.1, -0.05) is 63.3 Å². The highest BCUT2D eigenvalue weighted by Gasteiger charge is 2.17. The maximum absolute atomic E-state index is 14.3. The van der Waals surface area contributed by atoms with Crippen LogP contribution in [0.1, 0.15) is 67.8 Å². The third kappa shape index (κ3) is 6.38. The zero-order valence-electron chi connectivity index (χ0n) is 17.2. The number of carbonyl (C=O) groups is 1. The van der Waals surface area contributed by atoms with Gasteiger partial charge < -0.3 is 0 Å². The molecule has 0 unspecified atom stereocenters. The van der Waals surface area contributed by atoms with Crippen LogP contribution in [-0.2, 0) is 6.54 Å². The van der Waals surface area contributed by atoms with E-state index in [9.17, 15) is 18.8 Å². The lowest BCUT2D eigenvalue weighted by atomic mass is 10.1. The Morgan fingerprint density at radius 1 is 1.03 bits per heavy atom. The van der Waals surface area contributed by atoms with E-state index >= 15 is 0 Å². The number of unbranched alkanes of at least 4 members (excludes halogenated alkanes) is 6. The summed E-state index contributed by atoms with van der Waals surface area (Å²) in [5.41, 5.74) is -1.09. The normalized spacial score (nSPS) is 11.6. The van der Waals surface area contributed by atoms with Crippen molar-refractivity contribution in [1.82, 2.24) is 9.13 Å². The number of carbonyl (C=O) groups excluding carboxylic acids is 1. The maximum atomic E-state index is 14.3. The average Bonchev–Trinajstić information content (AvgIpc) is 2.72. The van der Waals surface area contributed by atoms with Crippen molar-refractivity contribution in [1.29, 1.82) is 0 Å². The average molecular weight is 400 g/mol. The molecule has 0 atom stereocenters. The van der Waals surface area contributed by atoms with Gasteiger partial charge >= 0.3 is 5.69 Å². The molecule has 0 saturated carbocycles. The lowest BCUT2D eigenvalue weighted by Gasteiger charge is -2.10. The molecule has 0 bridgehead atoms. The second kappa shape index (κ2) is 11.3. The Labute approximate surface area is 170 Å². The molecule has 1 heterocycles. The number of aromatic nitrogens is 2. The number of nitrogens with zero attached hydrogens (tertiary/aromatic N) is 2. The fraction of sp³-hybridized carbons (Fsp3) is 0.435. The second-order valence-electron chi connectivity index (χ2n) is 7.24. The number of halogens is 1. The van der Waals surface area contributed by atoms with Gasteiger partial charge in [0, 0.05) is 17.3 Å². The molecule has 0 saturated heterocycles. The molecule has 0 aliphatic carbocycles. The molecule has 0 spiro atoms. The first-order chi connectivity index (χ1) is 14.0. The Morgan fingerprint density at radius 2 is 1.69 bits per heavy atom. The summed E-state index contributed by atoms with van der Waals surface area (Å²) < 4.78 is 16.0. The number of aryl methyl sites for hydroxylation is 1. The van der Waals surface area contributed by atoms with Gasteiger partial charge in [-0.05, 0) is 31.9 Å². The molecular formula is C23H29FN2O3. The van der Waals surface area contributed by atoms with E-state index in [-0.39, 0.29) is 17.7 Å². The van der Waals surface area contributed by atoms with Crippen molar-refractivity contribution in [2.45, 2.75) is 65.3 Å². The van der Waals surface area contributed by atoms with E-state index in [4.69, 9.17) is 0 Å². The van der Waals surface area contributed by atoms with Gasteiger partial charge in [0.1, 0.15) is 5.83 Å². The quantitative estimate of drug-likeness (QED) is 0.547. The highest BCUT2D eigenvalue weighted by atomic mass is 19.1. The summed E-state index contributed by atoms with van der Waals surface area (Å²) in [4.78, 5) is 37.7. The van der Waals surface area contributed by atoms with E-state index in [1.54, 1.807) is 18.2 Å². The van der Waals surface area contributed by atoms with E-state index in [0.717, 1.165) is 23.8 Å².